The number of halogens is 3. The average molecular weight is 418 g/mol. The number of nitrogens with one attached hydrogen (secondary N) is 1. The first-order valence-corrected chi connectivity index (χ1v) is 10.9. The van der Waals surface area contributed by atoms with Crippen molar-refractivity contribution in [3.63, 3.8) is 0 Å². The summed E-state index contributed by atoms with van der Waals surface area (Å²) in [6.45, 7) is 2.54. The summed E-state index contributed by atoms with van der Waals surface area (Å²) in [5.74, 6) is -4.33. The molecule has 0 bridgehead atoms. The van der Waals surface area contributed by atoms with Crippen LogP contribution in [0.25, 0.3) is 0 Å². The van der Waals surface area contributed by atoms with Crippen LogP contribution >= 0.6 is 0 Å². The Kier molecular flexibility index (Phi) is 6.80. The van der Waals surface area contributed by atoms with Crippen molar-refractivity contribution in [3.05, 3.63) is 47.1 Å². The summed E-state index contributed by atoms with van der Waals surface area (Å²) in [4.78, 5) is 14.1. The number of amides is 2. The number of alkyl halides is 2. The Balaban J connectivity index is 2.22. The lowest BCUT2D eigenvalue weighted by Gasteiger charge is -2.41. The van der Waals surface area contributed by atoms with E-state index in [0.29, 0.717) is 5.56 Å². The Morgan fingerprint density at radius 3 is 2.64 bits per heavy atom. The number of piperidine rings is 1. The van der Waals surface area contributed by atoms with Crippen molar-refractivity contribution in [2.24, 2.45) is 5.92 Å². The number of likely N-dealkylation sites (tertiary alicyclic amines) is 1. The first-order chi connectivity index (χ1) is 12.9. The molecule has 1 aromatic rings. The fourth-order valence-corrected chi connectivity index (χ4v) is 3.81. The van der Waals surface area contributed by atoms with E-state index >= 15 is 0 Å². The van der Waals surface area contributed by atoms with Crippen LogP contribution in [-0.4, -0.2) is 44.1 Å². The number of rotatable bonds is 5. The van der Waals surface area contributed by atoms with Gasteiger partial charge in [0, 0.05) is 30.2 Å². The molecule has 1 saturated heterocycles. The lowest BCUT2D eigenvalue weighted by atomic mass is 9.84. The van der Waals surface area contributed by atoms with Crippen molar-refractivity contribution >= 4 is 15.9 Å². The van der Waals surface area contributed by atoms with Gasteiger partial charge in [-0.1, -0.05) is 18.2 Å². The summed E-state index contributed by atoms with van der Waals surface area (Å²) in [5, 5.41) is 3.64. The monoisotopic (exact) mass is 418 g/mol. The van der Waals surface area contributed by atoms with Crippen LogP contribution in [0.4, 0.5) is 18.0 Å². The molecule has 2 amide bonds. The van der Waals surface area contributed by atoms with Gasteiger partial charge in [0.1, 0.15) is 5.82 Å². The van der Waals surface area contributed by atoms with Gasteiger partial charge in [-0.2, -0.15) is 0 Å². The van der Waals surface area contributed by atoms with Crippen molar-refractivity contribution in [3.8, 4) is 0 Å². The van der Waals surface area contributed by atoms with E-state index < -0.39 is 45.6 Å². The zero-order chi connectivity index (χ0) is 21.1. The summed E-state index contributed by atoms with van der Waals surface area (Å²) in [6.07, 6.45) is 2.50. The molecule has 28 heavy (non-hydrogen) atoms. The van der Waals surface area contributed by atoms with E-state index in [9.17, 15) is 26.4 Å². The molecule has 0 radical (unpaired) electrons. The number of hydrogen-bond acceptors (Lipinski definition) is 3. The van der Waals surface area contributed by atoms with Gasteiger partial charge in [0.25, 0.3) is 0 Å². The molecule has 9 heteroatoms. The van der Waals surface area contributed by atoms with Gasteiger partial charge in [-0.15, -0.1) is 0 Å². The second-order valence-corrected chi connectivity index (χ2v) is 9.27. The number of carbonyl (C=O) groups excluding carboxylic acids is 1. The first kappa shape index (κ1) is 22.3. The summed E-state index contributed by atoms with van der Waals surface area (Å²) in [5.41, 5.74) is 0.448. The molecule has 0 aliphatic carbocycles. The predicted molar refractivity (Wildman–Crippen MR) is 101 cm³/mol. The fourth-order valence-electron chi connectivity index (χ4n) is 3.29. The van der Waals surface area contributed by atoms with E-state index in [-0.39, 0.29) is 19.4 Å². The molecule has 0 saturated carbocycles. The van der Waals surface area contributed by atoms with Crippen LogP contribution in [0.3, 0.4) is 0 Å². The van der Waals surface area contributed by atoms with E-state index in [2.05, 4.69) is 5.32 Å². The molecule has 2 rings (SSSR count). The number of hydrogen-bond donors (Lipinski definition) is 1. The summed E-state index contributed by atoms with van der Waals surface area (Å²) in [7, 11) is -3.33. The average Bonchev–Trinajstić information content (AvgIpc) is 2.58. The molecule has 1 aliphatic heterocycles. The highest BCUT2D eigenvalue weighted by Crippen LogP contribution is 2.41. The second-order valence-electron chi connectivity index (χ2n) is 7.34. The summed E-state index contributed by atoms with van der Waals surface area (Å²) >= 11 is 0. The Morgan fingerprint density at radius 1 is 1.39 bits per heavy atom. The molecule has 1 aliphatic rings. The van der Waals surface area contributed by atoms with Gasteiger partial charge in [-0.05, 0) is 44.4 Å². The molecule has 1 aromatic carbocycles. The smallest absolute Gasteiger partial charge is 0.318 e. The lowest BCUT2D eigenvalue weighted by molar-refractivity contribution is -0.0686. The van der Waals surface area contributed by atoms with Crippen LogP contribution < -0.4 is 5.32 Å². The van der Waals surface area contributed by atoms with Crippen molar-refractivity contribution in [2.45, 2.75) is 44.7 Å². The van der Waals surface area contributed by atoms with E-state index in [1.54, 1.807) is 13.0 Å². The van der Waals surface area contributed by atoms with Crippen LogP contribution in [0.15, 0.2) is 35.7 Å². The van der Waals surface area contributed by atoms with Crippen molar-refractivity contribution < 1.29 is 26.4 Å². The van der Waals surface area contributed by atoms with Gasteiger partial charge in [0.05, 0.1) is 6.04 Å². The third-order valence-corrected chi connectivity index (χ3v) is 5.43. The topological polar surface area (TPSA) is 66.5 Å². The van der Waals surface area contributed by atoms with Gasteiger partial charge in [-0.25, -0.2) is 26.4 Å². The van der Waals surface area contributed by atoms with Gasteiger partial charge in [0.2, 0.25) is 5.92 Å². The number of sulfone groups is 1. The van der Waals surface area contributed by atoms with Crippen molar-refractivity contribution in [2.75, 3.05) is 12.8 Å². The Hall–Kier alpha value is -2.03. The first-order valence-electron chi connectivity index (χ1n) is 8.95. The third kappa shape index (κ3) is 6.25. The second kappa shape index (κ2) is 8.55. The van der Waals surface area contributed by atoms with E-state index in [4.69, 9.17) is 0 Å². The van der Waals surface area contributed by atoms with Gasteiger partial charge in [-0.3, -0.25) is 0 Å². The van der Waals surface area contributed by atoms with Crippen LogP contribution in [0.1, 0.15) is 38.3 Å². The summed E-state index contributed by atoms with van der Waals surface area (Å²) < 4.78 is 63.8. The number of nitrogens with zero attached hydrogens (tertiary/aromatic N) is 1. The SMILES string of the molecule is C[C@@H](/C=C/S(C)(=O)=O)NC(=O)N1CC[C@@H](C(C)(F)F)C[C@H]1c1cccc(F)c1. The highest BCUT2D eigenvalue weighted by atomic mass is 32.2. The van der Waals surface area contributed by atoms with Crippen LogP contribution in [0, 0.1) is 11.7 Å². The van der Waals surface area contributed by atoms with Crippen LogP contribution in [0.2, 0.25) is 0 Å². The minimum Gasteiger partial charge on any atom is -0.332 e. The fraction of sp³-hybridized carbons (Fsp3) is 0.526. The molecule has 1 N–H and O–H groups in total. The zero-order valence-electron chi connectivity index (χ0n) is 16.0. The number of urea groups is 1. The molecule has 1 heterocycles. The molecular formula is C19H25F3N2O3S. The van der Waals surface area contributed by atoms with Gasteiger partial charge in [0.15, 0.2) is 9.84 Å². The maximum atomic E-state index is 13.9. The van der Waals surface area contributed by atoms with Crippen LogP contribution in [-0.2, 0) is 9.84 Å². The minimum atomic E-state index is -3.33. The molecule has 156 valence electrons. The van der Waals surface area contributed by atoms with Gasteiger partial charge < -0.3 is 10.2 Å². The third-order valence-electron chi connectivity index (χ3n) is 4.78. The van der Waals surface area contributed by atoms with Crippen molar-refractivity contribution in [1.29, 1.82) is 0 Å². The molecule has 0 unspecified atom stereocenters. The van der Waals surface area contributed by atoms with E-state index in [1.165, 1.54) is 29.2 Å². The Labute approximate surface area is 163 Å². The maximum Gasteiger partial charge on any atom is 0.318 e. The summed E-state index contributed by atoms with van der Waals surface area (Å²) in [6, 6.07) is 3.78. The zero-order valence-corrected chi connectivity index (χ0v) is 16.8. The van der Waals surface area contributed by atoms with E-state index in [1.807, 2.05) is 0 Å². The lowest BCUT2D eigenvalue weighted by Crippen LogP contribution is -2.50. The molecular weight excluding hydrogens is 393 g/mol. The largest absolute Gasteiger partial charge is 0.332 e. The normalized spacial score (nSPS) is 22.3. The highest BCUT2D eigenvalue weighted by molar-refractivity contribution is 7.93. The highest BCUT2D eigenvalue weighted by Gasteiger charge is 2.42. The van der Waals surface area contributed by atoms with Crippen LogP contribution in [0.5, 0.6) is 0 Å². The Bertz CT molecular complexity index is 837. The van der Waals surface area contributed by atoms with Gasteiger partial charge >= 0.3 is 6.03 Å². The quantitative estimate of drug-likeness (QED) is 0.789. The molecule has 1 fully saturated rings. The Morgan fingerprint density at radius 2 is 2.07 bits per heavy atom. The maximum absolute atomic E-state index is 13.9. The number of benzene rings is 1. The molecule has 5 nitrogen and oxygen atoms in total. The van der Waals surface area contributed by atoms with Crippen molar-refractivity contribution in [1.82, 2.24) is 10.2 Å². The minimum absolute atomic E-state index is 0.00787. The van der Waals surface area contributed by atoms with E-state index in [0.717, 1.165) is 18.6 Å². The standard InChI is InChI=1S/C19H25F3N2O3S/c1-13(8-10-28(3,26)27)23-18(25)24-9-7-15(19(2,21)22)12-17(24)14-5-4-6-16(20)11-14/h4-6,8,10-11,13,15,17H,7,9,12H2,1-3H3,(H,23,25)/b10-8+/t13-,15+,17-/m0/s1. The predicted octanol–water partition coefficient (Wildman–Crippen LogP) is 3.89. The molecule has 3 atom stereocenters. The molecule has 0 aromatic heterocycles. The molecule has 0 spiro atoms. The number of carbonyl (C=O) groups is 1.